The third-order valence-electron chi connectivity index (χ3n) is 3.21. The van der Waals surface area contributed by atoms with Crippen LogP contribution < -0.4 is 19.6 Å². The molecule has 0 aliphatic rings. The van der Waals surface area contributed by atoms with Crippen LogP contribution in [0, 0.1) is 6.92 Å². The number of amides is 1. The van der Waals surface area contributed by atoms with Crippen molar-refractivity contribution in [2.75, 3.05) is 14.2 Å². The quantitative estimate of drug-likeness (QED) is 0.373. The molecule has 0 atom stereocenters. The van der Waals surface area contributed by atoms with Crippen molar-refractivity contribution in [3.8, 4) is 17.2 Å². The molecule has 1 amide bonds. The highest BCUT2D eigenvalue weighted by Crippen LogP contribution is 2.38. The molecule has 0 saturated heterocycles. The van der Waals surface area contributed by atoms with E-state index in [1.807, 2.05) is 0 Å². The van der Waals surface area contributed by atoms with Crippen LogP contribution in [-0.4, -0.2) is 32.3 Å². The molecule has 2 rings (SSSR count). The van der Waals surface area contributed by atoms with Crippen LogP contribution in [0.3, 0.4) is 0 Å². The molecule has 1 aromatic heterocycles. The van der Waals surface area contributed by atoms with Crippen LogP contribution in [0.1, 0.15) is 28.6 Å². The van der Waals surface area contributed by atoms with Crippen molar-refractivity contribution in [2.24, 2.45) is 5.10 Å². The number of hydrogen-bond donors (Lipinski definition) is 1. The molecule has 1 heterocycles. The van der Waals surface area contributed by atoms with E-state index < -0.39 is 11.9 Å². The minimum atomic E-state index is -0.499. The highest BCUT2D eigenvalue weighted by Gasteiger charge is 2.16. The maximum absolute atomic E-state index is 11.9. The summed E-state index contributed by atoms with van der Waals surface area (Å²) < 4.78 is 20.6. The summed E-state index contributed by atoms with van der Waals surface area (Å²) in [6.07, 6.45) is 2.84. The Morgan fingerprint density at radius 3 is 2.32 bits per heavy atom. The van der Waals surface area contributed by atoms with Gasteiger partial charge in [-0.05, 0) is 25.1 Å². The zero-order valence-corrected chi connectivity index (χ0v) is 14.3. The van der Waals surface area contributed by atoms with Gasteiger partial charge in [0.15, 0.2) is 11.5 Å². The lowest BCUT2D eigenvalue weighted by molar-refractivity contribution is -0.132. The number of nitrogens with one attached hydrogen (secondary N) is 1. The monoisotopic (exact) mass is 346 g/mol. The Labute approximate surface area is 144 Å². The van der Waals surface area contributed by atoms with Gasteiger partial charge < -0.3 is 18.6 Å². The first-order chi connectivity index (χ1) is 12.0. The lowest BCUT2D eigenvalue weighted by atomic mass is 10.2. The highest BCUT2D eigenvalue weighted by molar-refractivity contribution is 5.95. The average molecular weight is 346 g/mol. The summed E-state index contributed by atoms with van der Waals surface area (Å²) in [7, 11) is 2.87. The Balaban J connectivity index is 2.20. The van der Waals surface area contributed by atoms with Gasteiger partial charge in [0.1, 0.15) is 5.76 Å². The van der Waals surface area contributed by atoms with E-state index in [4.69, 9.17) is 18.6 Å². The van der Waals surface area contributed by atoms with Crippen molar-refractivity contribution in [1.29, 1.82) is 0 Å². The van der Waals surface area contributed by atoms with Gasteiger partial charge in [0, 0.05) is 12.5 Å². The van der Waals surface area contributed by atoms with E-state index in [-0.39, 0.29) is 5.75 Å². The van der Waals surface area contributed by atoms with E-state index in [2.05, 4.69) is 10.5 Å². The summed E-state index contributed by atoms with van der Waals surface area (Å²) >= 11 is 0. The zero-order chi connectivity index (χ0) is 18.4. The largest absolute Gasteiger partial charge is 0.493 e. The van der Waals surface area contributed by atoms with Gasteiger partial charge in [0.25, 0.3) is 5.91 Å². The number of nitrogens with zero attached hydrogens (tertiary/aromatic N) is 1. The van der Waals surface area contributed by atoms with Crippen LogP contribution in [0.4, 0.5) is 0 Å². The normalized spacial score (nSPS) is 10.6. The Bertz CT molecular complexity index is 784. The maximum Gasteiger partial charge on any atom is 0.308 e. The van der Waals surface area contributed by atoms with Gasteiger partial charge in [-0.1, -0.05) is 0 Å². The molecule has 0 spiro atoms. The molecular formula is C17H18N2O6. The number of methoxy groups -OCH3 is 2. The predicted molar refractivity (Wildman–Crippen MR) is 89.4 cm³/mol. The summed E-state index contributed by atoms with van der Waals surface area (Å²) in [6.45, 7) is 2.96. The van der Waals surface area contributed by atoms with Gasteiger partial charge >= 0.3 is 5.97 Å². The van der Waals surface area contributed by atoms with E-state index >= 15 is 0 Å². The number of carbonyl (C=O) groups excluding carboxylic acids is 2. The molecule has 8 nitrogen and oxygen atoms in total. The second-order valence-corrected chi connectivity index (χ2v) is 4.94. The average Bonchev–Trinajstić information content (AvgIpc) is 3.01. The molecule has 1 N–H and O–H groups in total. The molecule has 8 heteroatoms. The standard InChI is InChI=1S/C17H18N2O6/c1-10-13(5-6-24-10)17(21)19-18-9-12-7-14(22-3)16(25-11(2)20)15(8-12)23-4/h5-9H,1-4H3,(H,19,21)/b18-9-. The van der Waals surface area contributed by atoms with Crippen molar-refractivity contribution in [3.63, 3.8) is 0 Å². The van der Waals surface area contributed by atoms with Gasteiger partial charge in [-0.25, -0.2) is 5.43 Å². The molecule has 0 fully saturated rings. The third kappa shape index (κ3) is 4.37. The fraction of sp³-hybridized carbons (Fsp3) is 0.235. The third-order valence-corrected chi connectivity index (χ3v) is 3.21. The smallest absolute Gasteiger partial charge is 0.308 e. The second kappa shape index (κ2) is 8.00. The van der Waals surface area contributed by atoms with Crippen LogP contribution >= 0.6 is 0 Å². The number of rotatable bonds is 6. The number of hydrazone groups is 1. The van der Waals surface area contributed by atoms with Gasteiger partial charge in [-0.3, -0.25) is 9.59 Å². The summed E-state index contributed by atoms with van der Waals surface area (Å²) in [5.74, 6) is 0.384. The van der Waals surface area contributed by atoms with Crippen molar-refractivity contribution in [2.45, 2.75) is 13.8 Å². The topological polar surface area (TPSA) is 99.4 Å². The number of ether oxygens (including phenoxy) is 3. The first-order valence-electron chi connectivity index (χ1n) is 7.28. The van der Waals surface area contributed by atoms with Crippen LogP contribution in [-0.2, 0) is 4.79 Å². The Kier molecular flexibility index (Phi) is 5.78. The van der Waals surface area contributed by atoms with Crippen molar-refractivity contribution in [1.82, 2.24) is 5.43 Å². The molecule has 1 aromatic carbocycles. The summed E-state index contributed by atoms with van der Waals surface area (Å²) in [5.41, 5.74) is 3.38. The molecule has 0 aliphatic carbocycles. The Morgan fingerprint density at radius 1 is 1.20 bits per heavy atom. The van der Waals surface area contributed by atoms with Gasteiger partial charge in [0.05, 0.1) is 32.3 Å². The summed E-state index contributed by atoms with van der Waals surface area (Å²) in [5, 5.41) is 3.89. The zero-order valence-electron chi connectivity index (χ0n) is 14.3. The van der Waals surface area contributed by atoms with Gasteiger partial charge in [-0.2, -0.15) is 5.10 Å². The first-order valence-corrected chi connectivity index (χ1v) is 7.28. The summed E-state index contributed by atoms with van der Waals surface area (Å²) in [4.78, 5) is 23.2. The molecule has 132 valence electrons. The lowest BCUT2D eigenvalue weighted by Gasteiger charge is -2.13. The Hall–Kier alpha value is -3.29. The first kappa shape index (κ1) is 18.1. The van der Waals surface area contributed by atoms with E-state index in [9.17, 15) is 9.59 Å². The molecule has 2 aromatic rings. The van der Waals surface area contributed by atoms with Crippen molar-refractivity contribution >= 4 is 18.1 Å². The minimum Gasteiger partial charge on any atom is -0.493 e. The van der Waals surface area contributed by atoms with E-state index in [0.29, 0.717) is 28.4 Å². The summed E-state index contributed by atoms with van der Waals surface area (Å²) in [6, 6.07) is 4.75. The van der Waals surface area contributed by atoms with Gasteiger partial charge in [-0.15, -0.1) is 0 Å². The van der Waals surface area contributed by atoms with Crippen LogP contribution in [0.25, 0.3) is 0 Å². The molecule has 0 bridgehead atoms. The second-order valence-electron chi connectivity index (χ2n) is 4.94. The van der Waals surface area contributed by atoms with Crippen LogP contribution in [0.5, 0.6) is 17.2 Å². The van der Waals surface area contributed by atoms with Crippen LogP contribution in [0.2, 0.25) is 0 Å². The molecule has 0 radical (unpaired) electrons. The molecular weight excluding hydrogens is 328 g/mol. The minimum absolute atomic E-state index is 0.174. The number of benzene rings is 1. The van der Waals surface area contributed by atoms with Crippen molar-refractivity contribution < 1.29 is 28.2 Å². The predicted octanol–water partition coefficient (Wildman–Crippen LogP) is 2.29. The molecule has 0 aliphatic heterocycles. The number of hydrogen-bond acceptors (Lipinski definition) is 7. The fourth-order valence-corrected chi connectivity index (χ4v) is 2.07. The van der Waals surface area contributed by atoms with Crippen molar-refractivity contribution in [3.05, 3.63) is 41.3 Å². The van der Waals surface area contributed by atoms with Crippen LogP contribution in [0.15, 0.2) is 34.0 Å². The number of carbonyl (C=O) groups is 2. The fourth-order valence-electron chi connectivity index (χ4n) is 2.07. The number of furan rings is 1. The number of esters is 1. The van der Waals surface area contributed by atoms with E-state index in [1.54, 1.807) is 25.1 Å². The maximum atomic E-state index is 11.9. The lowest BCUT2D eigenvalue weighted by Crippen LogP contribution is -2.17. The Morgan fingerprint density at radius 2 is 1.84 bits per heavy atom. The molecule has 0 saturated carbocycles. The van der Waals surface area contributed by atoms with E-state index in [0.717, 1.165) is 0 Å². The van der Waals surface area contributed by atoms with E-state index in [1.165, 1.54) is 33.6 Å². The highest BCUT2D eigenvalue weighted by atomic mass is 16.6. The van der Waals surface area contributed by atoms with Gasteiger partial charge in [0.2, 0.25) is 5.75 Å². The molecule has 0 unspecified atom stereocenters. The SMILES string of the molecule is COc1cc(/C=N\NC(=O)c2ccoc2C)cc(OC)c1OC(C)=O. The molecule has 25 heavy (non-hydrogen) atoms. The number of aryl methyl sites for hydroxylation is 1.